The van der Waals surface area contributed by atoms with Crippen molar-refractivity contribution in [2.45, 2.75) is 33.2 Å². The van der Waals surface area contributed by atoms with Gasteiger partial charge in [0.15, 0.2) is 0 Å². The van der Waals surface area contributed by atoms with Crippen molar-refractivity contribution in [1.82, 2.24) is 19.4 Å². The van der Waals surface area contributed by atoms with Crippen LogP contribution < -0.4 is 10.5 Å². The summed E-state index contributed by atoms with van der Waals surface area (Å²) in [5.74, 6) is 0.483. The number of aryl methyl sites for hydroxylation is 1. The summed E-state index contributed by atoms with van der Waals surface area (Å²) in [5, 5.41) is 1.13. The van der Waals surface area contributed by atoms with Gasteiger partial charge in [0.05, 0.1) is 16.6 Å². The summed E-state index contributed by atoms with van der Waals surface area (Å²) in [6, 6.07) is 7.73. The van der Waals surface area contributed by atoms with Gasteiger partial charge in [-0.25, -0.2) is 4.98 Å². The normalized spacial score (nSPS) is 17.1. The number of aromatic nitrogens is 2. The van der Waals surface area contributed by atoms with Gasteiger partial charge in [-0.2, -0.15) is 0 Å². The molecule has 0 unspecified atom stereocenters. The fourth-order valence-electron chi connectivity index (χ4n) is 4.96. The van der Waals surface area contributed by atoms with Crippen LogP contribution in [0.15, 0.2) is 35.4 Å². The molecule has 0 atom stereocenters. The van der Waals surface area contributed by atoms with Crippen molar-refractivity contribution in [2.24, 2.45) is 5.92 Å². The molecule has 0 aliphatic carbocycles. The number of benzene rings is 1. The van der Waals surface area contributed by atoms with Crippen LogP contribution in [-0.4, -0.2) is 70.4 Å². The largest absolute Gasteiger partial charge is 0.368 e. The Hall–Kier alpha value is -2.91. The highest BCUT2D eigenvalue weighted by Gasteiger charge is 2.27. The highest BCUT2D eigenvalue weighted by molar-refractivity contribution is 7.20. The molecule has 0 saturated carbocycles. The van der Waals surface area contributed by atoms with Crippen molar-refractivity contribution in [2.75, 3.05) is 44.2 Å². The molecular weight excluding hydrogens is 498 g/mol. The molecule has 2 aliphatic heterocycles. The number of fused-ring (bicyclic) bond motifs is 1. The average molecular weight is 528 g/mol. The van der Waals surface area contributed by atoms with Gasteiger partial charge in [-0.3, -0.25) is 19.0 Å². The molecule has 5 rings (SSSR count). The number of carbonyl (C=O) groups excluding carboxylic acids is 2. The molecule has 190 valence electrons. The Morgan fingerprint density at radius 2 is 1.81 bits per heavy atom. The van der Waals surface area contributed by atoms with Crippen molar-refractivity contribution >= 4 is 50.7 Å². The molecule has 36 heavy (non-hydrogen) atoms. The van der Waals surface area contributed by atoms with Crippen molar-refractivity contribution in [3.63, 3.8) is 0 Å². The SMILES string of the molecule is Cc1c(C(=O)N2CCN(c3cccc(Cl)c3)CC2)sc2ncn(CC(=O)N3CCC(C)CC3)c(=O)c12. The first-order valence-corrected chi connectivity index (χ1v) is 13.6. The number of hydrogen-bond donors (Lipinski definition) is 0. The number of likely N-dealkylation sites (tertiary alicyclic amines) is 1. The molecule has 0 radical (unpaired) electrons. The van der Waals surface area contributed by atoms with Crippen LogP contribution in [0.4, 0.5) is 5.69 Å². The third kappa shape index (κ3) is 4.86. The van der Waals surface area contributed by atoms with Gasteiger partial charge < -0.3 is 14.7 Å². The quantitative estimate of drug-likeness (QED) is 0.517. The van der Waals surface area contributed by atoms with Gasteiger partial charge in [-0.15, -0.1) is 11.3 Å². The van der Waals surface area contributed by atoms with Crippen LogP contribution in [0.2, 0.25) is 5.02 Å². The molecule has 4 heterocycles. The number of piperazine rings is 1. The highest BCUT2D eigenvalue weighted by atomic mass is 35.5. The molecule has 2 aliphatic rings. The first kappa shape index (κ1) is 24.8. The van der Waals surface area contributed by atoms with Crippen molar-refractivity contribution in [3.05, 3.63) is 56.4 Å². The molecule has 2 amide bonds. The van der Waals surface area contributed by atoms with E-state index < -0.39 is 0 Å². The molecule has 0 N–H and O–H groups in total. The monoisotopic (exact) mass is 527 g/mol. The zero-order chi connectivity index (χ0) is 25.4. The fraction of sp³-hybridized carbons (Fsp3) is 0.462. The number of hydrogen-bond acceptors (Lipinski definition) is 6. The smallest absolute Gasteiger partial charge is 0.264 e. The molecule has 0 spiro atoms. The topological polar surface area (TPSA) is 78.8 Å². The van der Waals surface area contributed by atoms with E-state index in [1.165, 1.54) is 22.2 Å². The van der Waals surface area contributed by atoms with E-state index in [1.54, 1.807) is 6.92 Å². The van der Waals surface area contributed by atoms with E-state index in [0.29, 0.717) is 57.8 Å². The first-order valence-electron chi connectivity index (χ1n) is 12.4. The van der Waals surface area contributed by atoms with Crippen LogP contribution >= 0.6 is 22.9 Å². The third-order valence-electron chi connectivity index (χ3n) is 7.29. The predicted octanol–water partition coefficient (Wildman–Crippen LogP) is 3.64. The minimum atomic E-state index is -0.266. The van der Waals surface area contributed by atoms with Crippen LogP contribution in [0.1, 0.15) is 35.0 Å². The van der Waals surface area contributed by atoms with Crippen LogP contribution in [-0.2, 0) is 11.3 Å². The lowest BCUT2D eigenvalue weighted by atomic mass is 9.99. The molecule has 2 saturated heterocycles. The summed E-state index contributed by atoms with van der Waals surface area (Å²) < 4.78 is 1.38. The van der Waals surface area contributed by atoms with E-state index in [9.17, 15) is 14.4 Å². The highest BCUT2D eigenvalue weighted by Crippen LogP contribution is 2.29. The number of halogens is 1. The molecule has 2 fully saturated rings. The van der Waals surface area contributed by atoms with Gasteiger partial charge in [-0.1, -0.05) is 24.6 Å². The molecular formula is C26H30ClN5O3S. The summed E-state index contributed by atoms with van der Waals surface area (Å²) in [5.41, 5.74) is 1.42. The average Bonchev–Trinajstić information content (AvgIpc) is 3.22. The summed E-state index contributed by atoms with van der Waals surface area (Å²) >= 11 is 7.38. The minimum absolute atomic E-state index is 0.0276. The number of thiophene rings is 1. The first-order chi connectivity index (χ1) is 17.3. The Balaban J connectivity index is 1.31. The van der Waals surface area contributed by atoms with Crippen LogP contribution in [0, 0.1) is 12.8 Å². The number of piperidine rings is 1. The van der Waals surface area contributed by atoms with E-state index in [-0.39, 0.29) is 23.9 Å². The number of nitrogens with zero attached hydrogens (tertiary/aromatic N) is 5. The summed E-state index contributed by atoms with van der Waals surface area (Å²) in [4.78, 5) is 50.8. The second-order valence-electron chi connectivity index (χ2n) is 9.74. The Kier molecular flexibility index (Phi) is 7.03. The predicted molar refractivity (Wildman–Crippen MR) is 143 cm³/mol. The molecule has 8 nitrogen and oxygen atoms in total. The van der Waals surface area contributed by atoms with Crippen LogP contribution in [0.25, 0.3) is 10.2 Å². The molecule has 3 aromatic rings. The Morgan fingerprint density at radius 3 is 2.50 bits per heavy atom. The maximum absolute atomic E-state index is 13.4. The standard InChI is InChI=1S/C26H30ClN5O3S/c1-17-6-8-30(9-7-17)21(33)15-32-16-28-24-22(25(32)34)18(2)23(36-24)26(35)31-12-10-29(11-13-31)20-5-3-4-19(27)14-20/h3-5,14,16-17H,6-13,15H2,1-2H3. The second kappa shape index (κ2) is 10.2. The van der Waals surface area contributed by atoms with Gasteiger partial charge in [0.2, 0.25) is 5.91 Å². The zero-order valence-electron chi connectivity index (χ0n) is 20.6. The maximum atomic E-state index is 13.4. The van der Waals surface area contributed by atoms with E-state index in [4.69, 9.17) is 11.6 Å². The van der Waals surface area contributed by atoms with E-state index >= 15 is 0 Å². The van der Waals surface area contributed by atoms with E-state index in [1.807, 2.05) is 34.1 Å². The van der Waals surface area contributed by atoms with Gasteiger partial charge in [0.1, 0.15) is 11.4 Å². The zero-order valence-corrected chi connectivity index (χ0v) is 22.1. The molecule has 0 bridgehead atoms. The summed E-state index contributed by atoms with van der Waals surface area (Å²) in [6.45, 7) is 8.00. The lowest BCUT2D eigenvalue weighted by Gasteiger charge is -2.36. The Morgan fingerprint density at radius 1 is 1.08 bits per heavy atom. The van der Waals surface area contributed by atoms with Crippen LogP contribution in [0.3, 0.4) is 0 Å². The van der Waals surface area contributed by atoms with E-state index in [2.05, 4.69) is 16.8 Å². The second-order valence-corrected chi connectivity index (χ2v) is 11.2. The fourth-order valence-corrected chi connectivity index (χ4v) is 6.26. The van der Waals surface area contributed by atoms with Gasteiger partial charge in [-0.05, 0) is 49.4 Å². The van der Waals surface area contributed by atoms with Crippen molar-refractivity contribution in [1.29, 1.82) is 0 Å². The lowest BCUT2D eigenvalue weighted by molar-refractivity contribution is -0.133. The van der Waals surface area contributed by atoms with Gasteiger partial charge in [0.25, 0.3) is 11.5 Å². The van der Waals surface area contributed by atoms with Crippen molar-refractivity contribution < 1.29 is 9.59 Å². The summed E-state index contributed by atoms with van der Waals surface area (Å²) in [7, 11) is 0. The Bertz CT molecular complexity index is 1350. The summed E-state index contributed by atoms with van der Waals surface area (Å²) in [6.07, 6.45) is 3.41. The molecule has 10 heteroatoms. The lowest BCUT2D eigenvalue weighted by Crippen LogP contribution is -2.48. The third-order valence-corrected chi connectivity index (χ3v) is 8.72. The maximum Gasteiger partial charge on any atom is 0.264 e. The van der Waals surface area contributed by atoms with Gasteiger partial charge in [0, 0.05) is 50.0 Å². The van der Waals surface area contributed by atoms with Crippen LogP contribution in [0.5, 0.6) is 0 Å². The number of carbonyl (C=O) groups is 2. The minimum Gasteiger partial charge on any atom is -0.368 e. The molecule has 2 aromatic heterocycles. The van der Waals surface area contributed by atoms with Crippen molar-refractivity contribution in [3.8, 4) is 0 Å². The number of amides is 2. The van der Waals surface area contributed by atoms with Gasteiger partial charge >= 0.3 is 0 Å². The van der Waals surface area contributed by atoms with E-state index in [0.717, 1.165) is 31.6 Å². The number of anilines is 1. The number of rotatable bonds is 4. The Labute approximate surface area is 219 Å². The molecule has 1 aromatic carbocycles.